The number of unbranched alkanes of at least 4 members (excludes halogenated alkanes) is 23. The third-order valence-electron chi connectivity index (χ3n) is 22.7. The molecule has 0 unspecified atom stereocenters. The van der Waals surface area contributed by atoms with Crippen LogP contribution in [0.4, 0.5) is 0 Å². The van der Waals surface area contributed by atoms with E-state index in [0.717, 1.165) is 78.3 Å². The van der Waals surface area contributed by atoms with E-state index in [2.05, 4.69) is 157 Å². The van der Waals surface area contributed by atoms with Gasteiger partial charge in [-0.05, 0) is 218 Å². The first-order valence-electron chi connectivity index (χ1n) is 41.2. The van der Waals surface area contributed by atoms with Gasteiger partial charge in [0.25, 0.3) is 0 Å². The largest absolute Gasteiger partial charge is 0.497 e. The number of nitrogens with zero attached hydrogens (tertiary/aromatic N) is 4. The second kappa shape index (κ2) is 42.0. The van der Waals surface area contributed by atoms with Crippen LogP contribution < -0.4 is 16.4 Å². The highest BCUT2D eigenvalue weighted by Crippen LogP contribution is 2.52. The number of rotatable bonds is 35. The predicted octanol–water partition coefficient (Wildman–Crippen LogP) is 25.2. The lowest BCUT2D eigenvalue weighted by molar-refractivity contribution is -0.0886. The van der Waals surface area contributed by atoms with Crippen LogP contribution in [-0.2, 0) is 55.7 Å². The van der Waals surface area contributed by atoms with Gasteiger partial charge in [0.2, 0.25) is 0 Å². The van der Waals surface area contributed by atoms with Crippen molar-refractivity contribution in [2.45, 2.75) is 303 Å². The molecule has 111 heavy (non-hydrogen) atoms. The Labute approximate surface area is 712 Å². The van der Waals surface area contributed by atoms with Gasteiger partial charge in [0.05, 0.1) is 83.3 Å². The molecule has 13 rings (SSSR count). The molecule has 4 saturated heterocycles. The summed E-state index contributed by atoms with van der Waals surface area (Å²) in [5, 5.41) is 2.28. The molecule has 4 aliphatic heterocycles. The second-order valence-corrected chi connectivity index (χ2v) is 39.4. The molecule has 0 atom stereocenters. The zero-order valence-corrected chi connectivity index (χ0v) is 75.0. The Balaban J connectivity index is 0.000000370. The van der Waals surface area contributed by atoms with Crippen LogP contribution in [0.25, 0.3) is 51.6 Å². The fourth-order valence-electron chi connectivity index (χ4n) is 15.0. The van der Waals surface area contributed by atoms with Crippen molar-refractivity contribution < 1.29 is 47.4 Å². The first-order valence-corrected chi connectivity index (χ1v) is 46.8. The summed E-state index contributed by atoms with van der Waals surface area (Å²) in [5.41, 5.74) is 10.9. The second-order valence-electron chi connectivity index (χ2n) is 32.0. The molecule has 8 aromatic rings. The van der Waals surface area contributed by atoms with Crippen molar-refractivity contribution >= 4 is 147 Å². The maximum absolute atomic E-state index is 6.21. The molecule has 5 aromatic heterocycles. The smallest absolute Gasteiger partial charge is 0.405 e. The summed E-state index contributed by atoms with van der Waals surface area (Å²) >= 11 is 15.9. The number of thiazole rings is 2. The zero-order chi connectivity index (χ0) is 78.4. The first kappa shape index (κ1) is 87.3. The van der Waals surface area contributed by atoms with Gasteiger partial charge in [-0.1, -0.05) is 258 Å². The van der Waals surface area contributed by atoms with Crippen molar-refractivity contribution in [2.75, 3.05) is 26.4 Å². The molecule has 0 radical (unpaired) electrons. The quantitative estimate of drug-likeness (QED) is 0.0213. The van der Waals surface area contributed by atoms with Gasteiger partial charge in [-0.15, -0.1) is 22.7 Å². The lowest BCUT2D eigenvalue weighted by Gasteiger charge is -2.32. The Morgan fingerprint density at radius 2 is 0.856 bits per heavy atom. The number of thiophene rings is 2. The summed E-state index contributed by atoms with van der Waals surface area (Å²) in [6.07, 6.45) is 37.5. The fourth-order valence-corrected chi connectivity index (χ4v) is 21.2. The number of hydrogen-bond donors (Lipinski definition) is 0. The molecule has 22 heteroatoms. The van der Waals surface area contributed by atoms with Crippen molar-refractivity contribution in [1.29, 1.82) is 0 Å². The van der Waals surface area contributed by atoms with Gasteiger partial charge in [-0.3, -0.25) is 0 Å². The van der Waals surface area contributed by atoms with Gasteiger partial charge >= 0.3 is 21.4 Å². The van der Waals surface area contributed by atoms with Gasteiger partial charge in [0.1, 0.15) is 21.0 Å². The molecular formula is C89H127B3Br2N4O8S5. The Bertz CT molecular complexity index is 4360. The minimum absolute atomic E-state index is 0. The average Bonchev–Trinajstić information content (AvgIpc) is 1.56. The Morgan fingerprint density at radius 1 is 0.450 bits per heavy atom. The van der Waals surface area contributed by atoms with E-state index in [1.165, 1.54) is 223 Å². The van der Waals surface area contributed by atoms with Crippen LogP contribution in [0.1, 0.15) is 301 Å². The number of aryl methyl sites for hydroxylation is 2. The number of ether oxygens (including phenoxy) is 2. The minimum Gasteiger partial charge on any atom is -0.405 e. The van der Waals surface area contributed by atoms with Crippen molar-refractivity contribution in [1.82, 2.24) is 18.7 Å². The van der Waals surface area contributed by atoms with E-state index >= 15 is 0 Å². The van der Waals surface area contributed by atoms with E-state index in [1.807, 2.05) is 90.2 Å². The van der Waals surface area contributed by atoms with E-state index in [-0.39, 0.29) is 24.2 Å². The molecule has 12 nitrogen and oxygen atoms in total. The molecule has 4 fully saturated rings. The van der Waals surface area contributed by atoms with E-state index < -0.39 is 41.2 Å². The number of aromatic nitrogens is 4. The van der Waals surface area contributed by atoms with E-state index in [9.17, 15) is 0 Å². The van der Waals surface area contributed by atoms with Gasteiger partial charge in [0.15, 0.2) is 16.0 Å². The maximum atomic E-state index is 6.21. The average molecular weight is 1730 g/mol. The highest BCUT2D eigenvalue weighted by Gasteiger charge is 2.54. The van der Waals surface area contributed by atoms with Crippen LogP contribution in [0.2, 0.25) is 0 Å². The molecule has 0 N–H and O–H groups in total. The van der Waals surface area contributed by atoms with Gasteiger partial charge in [-0.2, -0.15) is 8.75 Å². The summed E-state index contributed by atoms with van der Waals surface area (Å²) in [7, 11) is -1.17. The van der Waals surface area contributed by atoms with Gasteiger partial charge in [0, 0.05) is 21.0 Å². The normalized spacial score (nSPS) is 16.8. The summed E-state index contributed by atoms with van der Waals surface area (Å²) in [6.45, 7) is 27.4. The molecule has 604 valence electrons. The molecule has 3 aromatic carbocycles. The zero-order valence-electron chi connectivity index (χ0n) is 67.8. The summed E-state index contributed by atoms with van der Waals surface area (Å²) in [5.74, 6) is 23.6. The van der Waals surface area contributed by atoms with E-state index in [1.54, 1.807) is 29.6 Å². The number of fused-ring (bicyclic) bond motifs is 5. The number of hydrogen-bond acceptors (Lipinski definition) is 17. The van der Waals surface area contributed by atoms with Crippen LogP contribution in [0, 0.1) is 47.4 Å². The topological polar surface area (TPSA) is 125 Å². The molecule has 0 bridgehead atoms. The Kier molecular flexibility index (Phi) is 33.1. The van der Waals surface area contributed by atoms with E-state index in [0.29, 0.717) is 26.4 Å². The predicted molar refractivity (Wildman–Crippen MR) is 491 cm³/mol. The Morgan fingerprint density at radius 3 is 1.30 bits per heavy atom. The van der Waals surface area contributed by atoms with Crippen LogP contribution in [-0.4, -0.2) is 88.9 Å². The SMILES string of the molecule is CC#CC#CC#CC#CC1(CCCCCCCC)c2cc(B3OCCO3)ccc2-c2ccc(B3OCCO3)cc21.CC1(C)OB(c2ccc(C3OC(C)(C)C(C)(C)O3)c3nsnc23)OC1(C)C.CCCCCCCCCCCCc1cc(Br)sc1-c1nc2sc(-c3sc(Br)cc3CCCCCCCCCCCC)nc2s1.[HH].[HH].[HH].[HH].[HH].[HH].[HH]. The molecule has 0 saturated carbocycles. The van der Waals surface area contributed by atoms with Crippen molar-refractivity contribution in [3.8, 4) is 78.3 Å². The van der Waals surface area contributed by atoms with Gasteiger partial charge < -0.3 is 37.4 Å². The molecule has 5 aliphatic rings. The summed E-state index contributed by atoms with van der Waals surface area (Å²) < 4.78 is 59.8. The lowest BCUT2D eigenvalue weighted by Crippen LogP contribution is -2.41. The minimum atomic E-state index is -0.524. The van der Waals surface area contributed by atoms with Crippen LogP contribution in [0.15, 0.2) is 68.2 Å². The number of halogens is 2. The van der Waals surface area contributed by atoms with Crippen LogP contribution >= 0.6 is 88.9 Å². The van der Waals surface area contributed by atoms with Gasteiger partial charge in [-0.25, -0.2) is 9.97 Å². The highest BCUT2D eigenvalue weighted by molar-refractivity contribution is 9.11. The van der Waals surface area contributed by atoms with Crippen molar-refractivity contribution in [3.05, 3.63) is 96.1 Å². The summed E-state index contributed by atoms with van der Waals surface area (Å²) in [4.78, 5) is 15.1. The van der Waals surface area contributed by atoms with Crippen molar-refractivity contribution in [2.24, 2.45) is 0 Å². The lowest BCUT2D eigenvalue weighted by atomic mass is 9.69. The molecule has 9 heterocycles. The molecular weight excluding hydrogens is 1610 g/mol. The molecule has 0 spiro atoms. The molecule has 1 aliphatic carbocycles. The monoisotopic (exact) mass is 1730 g/mol. The maximum Gasteiger partial charge on any atom is 0.497 e. The Hall–Kier alpha value is -4.53. The van der Waals surface area contributed by atoms with Crippen molar-refractivity contribution in [3.63, 3.8) is 0 Å². The fraction of sp³-hybridized carbons (Fsp3) is 0.573. The first-order chi connectivity index (χ1) is 53.7. The third kappa shape index (κ3) is 22.6. The molecule has 0 amide bonds. The van der Waals surface area contributed by atoms with Crippen LogP contribution in [0.5, 0.6) is 0 Å². The van der Waals surface area contributed by atoms with Crippen LogP contribution in [0.3, 0.4) is 0 Å². The standard InChI is InChI=1S/C36H52Br2N2S4.C34H34B2O4.C19H27BN2O4S.7H2/c1-3-5-7-9-11-13-15-17-19-21-23-27-25-29(37)41-31(27)33-39-35-36(43-33)40-34(44-35)32-28(26-30(38)42-32)24-22-20-18-16-14-12-10-8-6-4-2;1-3-5-7-9-11-13-15-21-34(20-14-12-10-8-6-4-2)32-26-28(35-37-22-23-38-35)16-18-30(32)31-19-17-29(27-33(31)34)36-39-24-25-40-36;1-16(2)17(3,4)24-15(23-16)11-9-10-12(14-13(11)21-27-22-14)20-25-18(5,6)19(7,8)26-20;;;;;;;/h25-26H,3-24H2,1-2H3;16-19,26-27H,4,6,8,10,12,14,20,22-25H2,1-2H3;9-10,15H,1-8H3;7*1H. The third-order valence-corrected chi connectivity index (χ3v) is 28.9. The summed E-state index contributed by atoms with van der Waals surface area (Å²) in [6, 6.07) is 21.7. The highest BCUT2D eigenvalue weighted by atomic mass is 79.9. The van der Waals surface area contributed by atoms with E-state index in [4.69, 9.17) is 47.4 Å². The number of benzene rings is 3.